The Morgan fingerprint density at radius 3 is 2.80 bits per heavy atom. The first-order valence-corrected chi connectivity index (χ1v) is 6.76. The lowest BCUT2D eigenvalue weighted by Crippen LogP contribution is -2.59. The highest BCUT2D eigenvalue weighted by molar-refractivity contribution is 5.84. The molecule has 4 atom stereocenters. The highest BCUT2D eigenvalue weighted by atomic mass is 16.1. The van der Waals surface area contributed by atoms with E-state index in [1.807, 2.05) is 0 Å². The van der Waals surface area contributed by atoms with Crippen LogP contribution in [-0.2, 0) is 4.79 Å². The number of fused-ring (bicyclic) bond motifs is 4. The monoisotopic (exact) mass is 206 g/mol. The summed E-state index contributed by atoms with van der Waals surface area (Å²) in [4.78, 5) is 12.0. The lowest BCUT2D eigenvalue weighted by atomic mass is 9.42. The van der Waals surface area contributed by atoms with E-state index in [9.17, 15) is 4.79 Å². The Bertz CT molecular complexity index is 283. The molecular weight excluding hydrogens is 184 g/mol. The van der Waals surface area contributed by atoms with Gasteiger partial charge in [0, 0.05) is 12.3 Å². The van der Waals surface area contributed by atoms with E-state index in [0.29, 0.717) is 17.1 Å². The van der Waals surface area contributed by atoms with Crippen LogP contribution in [0.3, 0.4) is 0 Å². The number of hydrogen-bond acceptors (Lipinski definition) is 1. The standard InChI is InChI=1S/C14H22O/c1-14-9-5-8-12(15)13(14)10-6-3-2-4-7-11(10)14/h10-11,13H,2-9H2,1H3. The number of carbonyl (C=O) groups excluding carboxylic acids is 1. The maximum Gasteiger partial charge on any atom is 0.136 e. The van der Waals surface area contributed by atoms with Crippen molar-refractivity contribution in [3.05, 3.63) is 0 Å². The lowest BCUT2D eigenvalue weighted by molar-refractivity contribution is -0.167. The smallest absolute Gasteiger partial charge is 0.136 e. The van der Waals surface area contributed by atoms with Gasteiger partial charge in [0.25, 0.3) is 0 Å². The third-order valence-electron chi connectivity index (χ3n) is 5.54. The Kier molecular flexibility index (Phi) is 2.19. The zero-order valence-corrected chi connectivity index (χ0v) is 9.80. The Hall–Kier alpha value is -0.330. The highest BCUT2D eigenvalue weighted by Gasteiger charge is 2.61. The third-order valence-corrected chi connectivity index (χ3v) is 5.54. The maximum absolute atomic E-state index is 12.0. The Labute approximate surface area is 92.6 Å². The fraction of sp³-hybridized carbons (Fsp3) is 0.929. The molecule has 3 fully saturated rings. The van der Waals surface area contributed by atoms with Gasteiger partial charge in [-0.25, -0.2) is 0 Å². The second kappa shape index (κ2) is 3.33. The molecule has 0 amide bonds. The van der Waals surface area contributed by atoms with Crippen LogP contribution in [0.15, 0.2) is 0 Å². The van der Waals surface area contributed by atoms with Crippen molar-refractivity contribution in [3.8, 4) is 0 Å². The molecule has 1 nitrogen and oxygen atoms in total. The van der Waals surface area contributed by atoms with Gasteiger partial charge in [-0.05, 0) is 42.9 Å². The molecule has 15 heavy (non-hydrogen) atoms. The van der Waals surface area contributed by atoms with E-state index in [0.717, 1.165) is 24.7 Å². The summed E-state index contributed by atoms with van der Waals surface area (Å²) in [5, 5.41) is 0. The summed E-state index contributed by atoms with van der Waals surface area (Å²) in [6.07, 6.45) is 10.3. The van der Waals surface area contributed by atoms with Crippen LogP contribution < -0.4 is 0 Å². The molecule has 3 aliphatic carbocycles. The van der Waals surface area contributed by atoms with Crippen molar-refractivity contribution < 1.29 is 4.79 Å². The highest BCUT2D eigenvalue weighted by Crippen LogP contribution is 2.64. The fourth-order valence-electron chi connectivity index (χ4n) is 4.90. The van der Waals surface area contributed by atoms with Crippen LogP contribution in [0.4, 0.5) is 0 Å². The second-order valence-corrected chi connectivity index (χ2v) is 6.21. The molecule has 4 unspecified atom stereocenters. The summed E-state index contributed by atoms with van der Waals surface area (Å²) in [5.74, 6) is 2.75. The SMILES string of the molecule is CC12CCCC(=O)C1C1CCCCCC12. The van der Waals surface area contributed by atoms with Gasteiger partial charge in [0.05, 0.1) is 0 Å². The summed E-state index contributed by atoms with van der Waals surface area (Å²) in [6.45, 7) is 2.40. The first-order chi connectivity index (χ1) is 7.23. The molecule has 0 radical (unpaired) electrons. The van der Waals surface area contributed by atoms with Crippen LogP contribution in [0.1, 0.15) is 58.3 Å². The number of ketones is 1. The van der Waals surface area contributed by atoms with E-state index in [2.05, 4.69) is 6.92 Å². The zero-order valence-electron chi connectivity index (χ0n) is 9.80. The number of carbonyl (C=O) groups is 1. The van der Waals surface area contributed by atoms with E-state index >= 15 is 0 Å². The molecule has 3 rings (SSSR count). The Morgan fingerprint density at radius 2 is 1.93 bits per heavy atom. The molecule has 0 N–H and O–H groups in total. The van der Waals surface area contributed by atoms with Gasteiger partial charge in [0.15, 0.2) is 0 Å². The van der Waals surface area contributed by atoms with Crippen molar-refractivity contribution in [2.75, 3.05) is 0 Å². The van der Waals surface area contributed by atoms with Crippen molar-refractivity contribution in [2.24, 2.45) is 23.2 Å². The molecule has 0 bridgehead atoms. The molecule has 0 spiro atoms. The second-order valence-electron chi connectivity index (χ2n) is 6.21. The lowest BCUT2D eigenvalue weighted by Gasteiger charge is -2.61. The molecule has 0 aliphatic heterocycles. The number of hydrogen-bond donors (Lipinski definition) is 0. The molecular formula is C14H22O. The largest absolute Gasteiger partial charge is 0.299 e. The van der Waals surface area contributed by atoms with Gasteiger partial charge >= 0.3 is 0 Å². The van der Waals surface area contributed by atoms with Gasteiger partial charge in [0.1, 0.15) is 5.78 Å². The predicted octanol–water partition coefficient (Wildman–Crippen LogP) is 3.57. The van der Waals surface area contributed by atoms with Gasteiger partial charge in [0.2, 0.25) is 0 Å². The minimum absolute atomic E-state index is 0.421. The Morgan fingerprint density at radius 1 is 1.13 bits per heavy atom. The molecule has 0 heterocycles. The summed E-state index contributed by atoms with van der Waals surface area (Å²) in [7, 11) is 0. The van der Waals surface area contributed by atoms with E-state index in [-0.39, 0.29) is 0 Å². The van der Waals surface area contributed by atoms with Crippen molar-refractivity contribution in [1.29, 1.82) is 0 Å². The fourth-order valence-corrected chi connectivity index (χ4v) is 4.90. The quantitative estimate of drug-likeness (QED) is 0.592. The molecule has 0 aromatic rings. The average molecular weight is 206 g/mol. The van der Waals surface area contributed by atoms with Gasteiger partial charge in [-0.1, -0.05) is 26.2 Å². The summed E-state index contributed by atoms with van der Waals surface area (Å²) < 4.78 is 0. The van der Waals surface area contributed by atoms with Crippen molar-refractivity contribution >= 4 is 5.78 Å². The van der Waals surface area contributed by atoms with E-state index in [4.69, 9.17) is 0 Å². The van der Waals surface area contributed by atoms with Gasteiger partial charge in [-0.2, -0.15) is 0 Å². The number of Topliss-reactive ketones (excluding diaryl/α,β-unsaturated/α-hetero) is 1. The summed E-state index contributed by atoms with van der Waals surface area (Å²) >= 11 is 0. The van der Waals surface area contributed by atoms with Crippen LogP contribution in [0.2, 0.25) is 0 Å². The molecule has 84 valence electrons. The van der Waals surface area contributed by atoms with Gasteiger partial charge in [-0.3, -0.25) is 4.79 Å². The Balaban J connectivity index is 1.87. The molecule has 1 heteroatoms. The topological polar surface area (TPSA) is 17.1 Å². The third kappa shape index (κ3) is 1.24. The zero-order chi connectivity index (χ0) is 10.5. The first-order valence-electron chi connectivity index (χ1n) is 6.76. The number of rotatable bonds is 0. The molecule has 0 saturated heterocycles. The average Bonchev–Trinajstić information content (AvgIpc) is 2.40. The molecule has 3 saturated carbocycles. The van der Waals surface area contributed by atoms with Gasteiger partial charge < -0.3 is 0 Å². The van der Waals surface area contributed by atoms with Crippen molar-refractivity contribution in [1.82, 2.24) is 0 Å². The summed E-state index contributed by atoms with van der Waals surface area (Å²) in [6, 6.07) is 0. The summed E-state index contributed by atoms with van der Waals surface area (Å²) in [5.41, 5.74) is 0.421. The van der Waals surface area contributed by atoms with Crippen LogP contribution in [0.25, 0.3) is 0 Å². The van der Waals surface area contributed by atoms with Crippen LogP contribution in [0, 0.1) is 23.2 Å². The van der Waals surface area contributed by atoms with Crippen LogP contribution in [0.5, 0.6) is 0 Å². The van der Waals surface area contributed by atoms with Crippen LogP contribution >= 0.6 is 0 Å². The molecule has 0 aromatic heterocycles. The normalized spacial score (nSPS) is 49.9. The first kappa shape index (κ1) is 9.86. The van der Waals surface area contributed by atoms with Gasteiger partial charge in [-0.15, -0.1) is 0 Å². The minimum Gasteiger partial charge on any atom is -0.299 e. The van der Waals surface area contributed by atoms with Crippen LogP contribution in [-0.4, -0.2) is 5.78 Å². The van der Waals surface area contributed by atoms with E-state index in [1.165, 1.54) is 38.5 Å². The molecule has 3 aliphatic rings. The van der Waals surface area contributed by atoms with E-state index < -0.39 is 0 Å². The predicted molar refractivity (Wildman–Crippen MR) is 60.5 cm³/mol. The maximum atomic E-state index is 12.0. The van der Waals surface area contributed by atoms with Crippen molar-refractivity contribution in [2.45, 2.75) is 58.3 Å². The van der Waals surface area contributed by atoms with Crippen molar-refractivity contribution in [3.63, 3.8) is 0 Å². The minimum atomic E-state index is 0.421. The van der Waals surface area contributed by atoms with E-state index in [1.54, 1.807) is 0 Å². The molecule has 0 aromatic carbocycles.